The van der Waals surface area contributed by atoms with Crippen LogP contribution < -0.4 is 0 Å². The van der Waals surface area contributed by atoms with Gasteiger partial charge in [0.15, 0.2) is 0 Å². The van der Waals surface area contributed by atoms with Gasteiger partial charge in [0.25, 0.3) is 0 Å². The van der Waals surface area contributed by atoms with Crippen LogP contribution in [0.3, 0.4) is 0 Å². The molecule has 1 heteroatoms. The molecule has 3 aromatic carbocycles. The summed E-state index contributed by atoms with van der Waals surface area (Å²) in [5.74, 6) is 0.811. The van der Waals surface area contributed by atoms with Gasteiger partial charge in [0, 0.05) is 17.0 Å². The second kappa shape index (κ2) is 8.80. The van der Waals surface area contributed by atoms with Gasteiger partial charge in [-0.3, -0.25) is 0 Å². The van der Waals surface area contributed by atoms with Crippen LogP contribution in [0, 0.1) is 5.92 Å². The minimum absolute atomic E-state index is 0.353. The van der Waals surface area contributed by atoms with Crippen molar-refractivity contribution in [3.05, 3.63) is 126 Å². The summed E-state index contributed by atoms with van der Waals surface area (Å²) >= 11 is 0. The monoisotopic (exact) mass is 413 g/mol. The van der Waals surface area contributed by atoms with Gasteiger partial charge in [-0.25, -0.2) is 4.98 Å². The molecule has 1 aromatic heterocycles. The van der Waals surface area contributed by atoms with E-state index in [1.165, 1.54) is 22.3 Å². The highest BCUT2D eigenvalue weighted by atomic mass is 14.7. The van der Waals surface area contributed by atoms with Gasteiger partial charge in [-0.05, 0) is 41.7 Å². The molecule has 0 spiro atoms. The number of rotatable bonds is 4. The van der Waals surface area contributed by atoms with Gasteiger partial charge in [-0.15, -0.1) is 0 Å². The maximum atomic E-state index is 5.07. The maximum absolute atomic E-state index is 5.07. The normalized spacial score (nSPS) is 17.8. The van der Waals surface area contributed by atoms with Crippen molar-refractivity contribution in [3.8, 4) is 33.6 Å². The first kappa shape index (κ1) is 20.2. The Hall–Kier alpha value is -3.71. The highest BCUT2D eigenvalue weighted by molar-refractivity contribution is 5.71. The molecule has 4 aromatic rings. The molecule has 0 radical (unpaired) electrons. The van der Waals surface area contributed by atoms with Crippen LogP contribution >= 0.6 is 0 Å². The van der Waals surface area contributed by atoms with E-state index in [-0.39, 0.29) is 0 Å². The van der Waals surface area contributed by atoms with Crippen LogP contribution in [0.5, 0.6) is 0 Å². The number of pyridine rings is 1. The summed E-state index contributed by atoms with van der Waals surface area (Å²) < 4.78 is 0. The van der Waals surface area contributed by atoms with Gasteiger partial charge in [0.2, 0.25) is 0 Å². The van der Waals surface area contributed by atoms with Crippen molar-refractivity contribution >= 4 is 0 Å². The molecule has 1 nitrogen and oxygen atoms in total. The first-order valence-electron chi connectivity index (χ1n) is 11.3. The predicted molar refractivity (Wildman–Crippen MR) is 135 cm³/mol. The number of aromatic nitrogens is 1. The molecule has 1 aliphatic rings. The Bertz CT molecular complexity index is 1270. The molecular formula is C31H27N. The van der Waals surface area contributed by atoms with Crippen LogP contribution in [0.1, 0.15) is 25.3 Å². The molecule has 32 heavy (non-hydrogen) atoms. The quantitative estimate of drug-likeness (QED) is 0.328. The van der Waals surface area contributed by atoms with Crippen molar-refractivity contribution in [2.75, 3.05) is 0 Å². The van der Waals surface area contributed by atoms with Crippen molar-refractivity contribution in [1.29, 1.82) is 0 Å². The molecule has 0 saturated carbocycles. The van der Waals surface area contributed by atoms with Gasteiger partial charge in [0.05, 0.1) is 11.4 Å². The molecule has 1 aliphatic carbocycles. The predicted octanol–water partition coefficient (Wildman–Crippen LogP) is 8.32. The third-order valence-corrected chi connectivity index (χ3v) is 6.25. The summed E-state index contributed by atoms with van der Waals surface area (Å²) in [5, 5.41) is 0. The van der Waals surface area contributed by atoms with Crippen LogP contribution in [0.2, 0.25) is 0 Å². The van der Waals surface area contributed by atoms with Crippen molar-refractivity contribution in [2.45, 2.75) is 19.8 Å². The Morgan fingerprint density at radius 1 is 0.625 bits per heavy atom. The number of hydrogen-bond acceptors (Lipinski definition) is 1. The van der Waals surface area contributed by atoms with E-state index in [0.717, 1.165) is 22.5 Å². The van der Waals surface area contributed by atoms with E-state index in [1.54, 1.807) is 0 Å². The van der Waals surface area contributed by atoms with Crippen molar-refractivity contribution in [3.63, 3.8) is 0 Å². The Labute approximate surface area is 190 Å². The molecule has 156 valence electrons. The Balaban J connectivity index is 1.58. The van der Waals surface area contributed by atoms with E-state index in [0.29, 0.717) is 11.8 Å². The smallest absolute Gasteiger partial charge is 0.0712 e. The molecule has 0 fully saturated rings. The summed E-state index contributed by atoms with van der Waals surface area (Å²) in [5.41, 5.74) is 9.44. The van der Waals surface area contributed by atoms with E-state index in [2.05, 4.69) is 129 Å². The fourth-order valence-corrected chi connectivity index (χ4v) is 4.53. The first-order chi connectivity index (χ1) is 15.7. The average Bonchev–Trinajstić information content (AvgIpc) is 2.85. The molecule has 5 rings (SSSR count). The lowest BCUT2D eigenvalue weighted by atomic mass is 9.82. The van der Waals surface area contributed by atoms with Crippen LogP contribution in [-0.2, 0) is 0 Å². The second-order valence-electron chi connectivity index (χ2n) is 8.64. The van der Waals surface area contributed by atoms with Crippen LogP contribution in [-0.4, -0.2) is 4.98 Å². The van der Waals surface area contributed by atoms with Crippen molar-refractivity contribution in [2.24, 2.45) is 5.92 Å². The average molecular weight is 414 g/mol. The third-order valence-electron chi connectivity index (χ3n) is 6.25. The van der Waals surface area contributed by atoms with Crippen molar-refractivity contribution in [1.82, 2.24) is 4.98 Å². The SMILES string of the molecule is CC1=CC(C)C(c2cc(-c3ccccc3)nc(-c3ccc(-c4ccccc4)cc3)c2)C=C1. The van der Waals surface area contributed by atoms with Crippen LogP contribution in [0.25, 0.3) is 33.6 Å². The molecular weight excluding hydrogens is 386 g/mol. The maximum Gasteiger partial charge on any atom is 0.0712 e. The Morgan fingerprint density at radius 3 is 1.72 bits per heavy atom. The molecule has 2 unspecified atom stereocenters. The molecule has 0 aliphatic heterocycles. The van der Waals surface area contributed by atoms with Gasteiger partial charge < -0.3 is 0 Å². The standard InChI is InChI=1S/C31H27N/c1-22-13-18-29(23(2)19-22)28-20-30(26-11-7-4-8-12-26)32-31(21-28)27-16-14-25(15-17-27)24-9-5-3-6-10-24/h3-21,23,29H,1-2H3. The van der Waals surface area contributed by atoms with Crippen LogP contribution in [0.4, 0.5) is 0 Å². The van der Waals surface area contributed by atoms with Crippen LogP contribution in [0.15, 0.2) is 121 Å². The number of nitrogens with zero attached hydrogens (tertiary/aromatic N) is 1. The van der Waals surface area contributed by atoms with E-state index in [9.17, 15) is 0 Å². The number of benzene rings is 3. The fraction of sp³-hybridized carbons (Fsp3) is 0.129. The summed E-state index contributed by atoms with van der Waals surface area (Å²) in [6.07, 6.45) is 6.94. The zero-order valence-electron chi connectivity index (χ0n) is 18.6. The molecule has 0 saturated heterocycles. The molecule has 0 amide bonds. The van der Waals surface area contributed by atoms with E-state index < -0.39 is 0 Å². The third kappa shape index (κ3) is 4.20. The molecule has 2 atom stereocenters. The van der Waals surface area contributed by atoms with Crippen molar-refractivity contribution < 1.29 is 0 Å². The lowest BCUT2D eigenvalue weighted by molar-refractivity contribution is 0.630. The number of allylic oxidation sites excluding steroid dienone is 4. The van der Waals surface area contributed by atoms with Gasteiger partial charge >= 0.3 is 0 Å². The summed E-state index contributed by atoms with van der Waals surface area (Å²) in [4.78, 5) is 5.07. The van der Waals surface area contributed by atoms with Gasteiger partial charge in [0.1, 0.15) is 0 Å². The Morgan fingerprint density at radius 2 is 1.12 bits per heavy atom. The van der Waals surface area contributed by atoms with E-state index in [1.807, 2.05) is 0 Å². The number of hydrogen-bond donors (Lipinski definition) is 0. The van der Waals surface area contributed by atoms with Gasteiger partial charge in [-0.2, -0.15) is 0 Å². The van der Waals surface area contributed by atoms with E-state index >= 15 is 0 Å². The largest absolute Gasteiger partial charge is 0.248 e. The minimum atomic E-state index is 0.353. The van der Waals surface area contributed by atoms with E-state index in [4.69, 9.17) is 4.98 Å². The fourth-order valence-electron chi connectivity index (χ4n) is 4.53. The summed E-state index contributed by atoms with van der Waals surface area (Å²) in [6.45, 7) is 4.47. The molecule has 0 N–H and O–H groups in total. The van der Waals surface area contributed by atoms with Gasteiger partial charge in [-0.1, -0.05) is 116 Å². The lowest BCUT2D eigenvalue weighted by Crippen LogP contribution is -2.09. The first-order valence-corrected chi connectivity index (χ1v) is 11.3. The summed E-state index contributed by atoms with van der Waals surface area (Å²) in [6, 6.07) is 34.3. The highest BCUT2D eigenvalue weighted by Gasteiger charge is 2.20. The lowest BCUT2D eigenvalue weighted by Gasteiger charge is -2.24. The zero-order valence-corrected chi connectivity index (χ0v) is 18.6. The minimum Gasteiger partial charge on any atom is -0.248 e. The topological polar surface area (TPSA) is 12.9 Å². The summed E-state index contributed by atoms with van der Waals surface area (Å²) in [7, 11) is 0. The highest BCUT2D eigenvalue weighted by Crippen LogP contribution is 2.36. The molecule has 0 bridgehead atoms. The zero-order chi connectivity index (χ0) is 21.9. The second-order valence-corrected chi connectivity index (χ2v) is 8.64. The Kier molecular flexibility index (Phi) is 5.56. The molecule has 1 heterocycles.